The monoisotopic (exact) mass is 344 g/mol. The van der Waals surface area contributed by atoms with Gasteiger partial charge in [-0.15, -0.1) is 5.10 Å². The minimum absolute atomic E-state index is 0.396. The van der Waals surface area contributed by atoms with Crippen molar-refractivity contribution >= 4 is 22.6 Å². The summed E-state index contributed by atoms with van der Waals surface area (Å²) in [4.78, 5) is 0. The molecular weight excluding hydrogens is 331 g/mol. The summed E-state index contributed by atoms with van der Waals surface area (Å²) in [5, 5.41) is 11.5. The summed E-state index contributed by atoms with van der Waals surface area (Å²) in [6.45, 7) is 3.30. The minimum Gasteiger partial charge on any atom is -0.484 e. The van der Waals surface area contributed by atoms with Crippen molar-refractivity contribution in [2.24, 2.45) is 0 Å². The van der Waals surface area contributed by atoms with Crippen LogP contribution in [0.15, 0.2) is 24.3 Å². The fraction of sp³-hybridized carbons (Fsp3) is 0.364. The Morgan fingerprint density at radius 2 is 2.18 bits per heavy atom. The normalized spacial score (nSPS) is 10.5. The zero-order chi connectivity index (χ0) is 12.1. The summed E-state index contributed by atoms with van der Waals surface area (Å²) in [6, 6.07) is 7.88. The molecule has 0 bridgehead atoms. The van der Waals surface area contributed by atoms with Gasteiger partial charge in [-0.05, 0) is 51.6 Å². The molecule has 0 aliphatic carbocycles. The van der Waals surface area contributed by atoms with Crippen LogP contribution in [-0.4, -0.2) is 20.2 Å². The van der Waals surface area contributed by atoms with Gasteiger partial charge in [0.05, 0.1) is 3.57 Å². The first-order valence-corrected chi connectivity index (χ1v) is 6.51. The highest BCUT2D eigenvalue weighted by atomic mass is 127. The minimum atomic E-state index is 0.396. The molecule has 1 aromatic carbocycles. The molecule has 0 aliphatic rings. The first kappa shape index (κ1) is 12.3. The molecule has 0 aliphatic heterocycles. The van der Waals surface area contributed by atoms with Gasteiger partial charge in [0.1, 0.15) is 12.4 Å². The molecule has 0 spiro atoms. The number of nitrogens with zero attached hydrogens (tertiary/aromatic N) is 4. The van der Waals surface area contributed by atoms with Crippen molar-refractivity contribution in [3.63, 3.8) is 0 Å². The lowest BCUT2D eigenvalue weighted by atomic mass is 10.3. The highest BCUT2D eigenvalue weighted by molar-refractivity contribution is 14.1. The number of rotatable bonds is 5. The first-order valence-electron chi connectivity index (χ1n) is 5.43. The maximum Gasteiger partial charge on any atom is 0.189 e. The second kappa shape index (κ2) is 5.95. The van der Waals surface area contributed by atoms with E-state index in [1.54, 1.807) is 4.68 Å². The van der Waals surface area contributed by atoms with Crippen molar-refractivity contribution in [1.82, 2.24) is 20.2 Å². The molecular formula is C11H13IN4O. The standard InChI is InChI=1S/C11H13IN4O/c1-2-7-16-11(13-14-15-16)8-17-10-6-4-3-5-9(10)12/h3-6H,2,7-8H2,1H3. The number of benzene rings is 1. The maximum absolute atomic E-state index is 5.70. The summed E-state index contributed by atoms with van der Waals surface area (Å²) in [5.41, 5.74) is 0. The summed E-state index contributed by atoms with van der Waals surface area (Å²) in [7, 11) is 0. The quantitative estimate of drug-likeness (QED) is 0.781. The predicted molar refractivity (Wildman–Crippen MR) is 71.6 cm³/mol. The topological polar surface area (TPSA) is 52.8 Å². The van der Waals surface area contributed by atoms with E-state index in [4.69, 9.17) is 4.74 Å². The number of para-hydroxylation sites is 1. The Hall–Kier alpha value is -1.18. The van der Waals surface area contributed by atoms with E-state index >= 15 is 0 Å². The van der Waals surface area contributed by atoms with Gasteiger partial charge in [0, 0.05) is 6.54 Å². The van der Waals surface area contributed by atoms with Gasteiger partial charge < -0.3 is 4.74 Å². The molecule has 6 heteroatoms. The van der Waals surface area contributed by atoms with Gasteiger partial charge in [0.25, 0.3) is 0 Å². The van der Waals surface area contributed by atoms with Crippen LogP contribution in [0.5, 0.6) is 5.75 Å². The Morgan fingerprint density at radius 1 is 1.35 bits per heavy atom. The summed E-state index contributed by atoms with van der Waals surface area (Å²) >= 11 is 2.24. The van der Waals surface area contributed by atoms with Crippen LogP contribution < -0.4 is 4.74 Å². The van der Waals surface area contributed by atoms with Gasteiger partial charge >= 0.3 is 0 Å². The third-order valence-corrected chi connectivity index (χ3v) is 3.13. The smallest absolute Gasteiger partial charge is 0.189 e. The molecule has 0 fully saturated rings. The third-order valence-electron chi connectivity index (χ3n) is 2.23. The van der Waals surface area contributed by atoms with Crippen molar-refractivity contribution in [2.75, 3.05) is 0 Å². The van der Waals surface area contributed by atoms with Gasteiger partial charge in [-0.1, -0.05) is 19.1 Å². The average Bonchev–Trinajstić information content (AvgIpc) is 2.76. The van der Waals surface area contributed by atoms with E-state index in [1.165, 1.54) is 0 Å². The van der Waals surface area contributed by atoms with E-state index in [0.717, 1.165) is 28.1 Å². The van der Waals surface area contributed by atoms with Gasteiger partial charge in [-0.2, -0.15) is 0 Å². The van der Waals surface area contributed by atoms with Crippen molar-refractivity contribution in [1.29, 1.82) is 0 Å². The van der Waals surface area contributed by atoms with Crippen LogP contribution in [0.4, 0.5) is 0 Å². The van der Waals surface area contributed by atoms with E-state index < -0.39 is 0 Å². The lowest BCUT2D eigenvalue weighted by molar-refractivity contribution is 0.284. The molecule has 1 heterocycles. The number of halogens is 1. The molecule has 17 heavy (non-hydrogen) atoms. The molecule has 0 amide bonds. The van der Waals surface area contributed by atoms with Gasteiger partial charge in [-0.3, -0.25) is 0 Å². The Balaban J connectivity index is 2.02. The Bertz CT molecular complexity index is 486. The molecule has 0 saturated carbocycles. The summed E-state index contributed by atoms with van der Waals surface area (Å²) in [5.74, 6) is 1.62. The van der Waals surface area contributed by atoms with Crippen molar-refractivity contribution in [3.8, 4) is 5.75 Å². The number of aromatic nitrogens is 4. The molecule has 0 atom stereocenters. The van der Waals surface area contributed by atoms with Crippen LogP contribution in [0, 0.1) is 3.57 Å². The molecule has 0 unspecified atom stereocenters. The highest BCUT2D eigenvalue weighted by Crippen LogP contribution is 2.20. The molecule has 0 N–H and O–H groups in total. The van der Waals surface area contributed by atoms with Crippen molar-refractivity contribution in [2.45, 2.75) is 26.5 Å². The number of tetrazole rings is 1. The number of aryl methyl sites for hydroxylation is 1. The highest BCUT2D eigenvalue weighted by Gasteiger charge is 2.07. The van der Waals surface area contributed by atoms with Crippen LogP contribution in [0.2, 0.25) is 0 Å². The predicted octanol–water partition coefficient (Wildman–Crippen LogP) is 2.27. The number of hydrogen-bond acceptors (Lipinski definition) is 4. The van der Waals surface area contributed by atoms with Crippen LogP contribution >= 0.6 is 22.6 Å². The fourth-order valence-electron chi connectivity index (χ4n) is 1.42. The largest absolute Gasteiger partial charge is 0.484 e. The average molecular weight is 344 g/mol. The van der Waals surface area contributed by atoms with Gasteiger partial charge in [0.15, 0.2) is 5.82 Å². The third kappa shape index (κ3) is 3.15. The Kier molecular flexibility index (Phi) is 4.29. The zero-order valence-corrected chi connectivity index (χ0v) is 11.7. The second-order valence-corrected chi connectivity index (χ2v) is 4.70. The molecule has 2 aromatic rings. The molecule has 2 rings (SSSR count). The van der Waals surface area contributed by atoms with Crippen LogP contribution in [0.3, 0.4) is 0 Å². The van der Waals surface area contributed by atoms with E-state index in [0.29, 0.717) is 6.61 Å². The second-order valence-electron chi connectivity index (χ2n) is 3.54. The maximum atomic E-state index is 5.70. The van der Waals surface area contributed by atoms with Gasteiger partial charge in [-0.25, -0.2) is 4.68 Å². The molecule has 90 valence electrons. The number of hydrogen-bond donors (Lipinski definition) is 0. The molecule has 0 radical (unpaired) electrons. The summed E-state index contributed by atoms with van der Waals surface area (Å²) in [6.07, 6.45) is 1.00. The van der Waals surface area contributed by atoms with Crippen molar-refractivity contribution < 1.29 is 4.74 Å². The van der Waals surface area contributed by atoms with E-state index in [-0.39, 0.29) is 0 Å². The van der Waals surface area contributed by atoms with Crippen LogP contribution in [0.1, 0.15) is 19.2 Å². The van der Waals surface area contributed by atoms with E-state index in [1.807, 2.05) is 24.3 Å². The van der Waals surface area contributed by atoms with Crippen molar-refractivity contribution in [3.05, 3.63) is 33.7 Å². The van der Waals surface area contributed by atoms with E-state index in [2.05, 4.69) is 45.0 Å². The lowest BCUT2D eigenvalue weighted by Crippen LogP contribution is -2.08. The van der Waals surface area contributed by atoms with Crippen LogP contribution in [-0.2, 0) is 13.2 Å². The van der Waals surface area contributed by atoms with Gasteiger partial charge in [0.2, 0.25) is 0 Å². The Morgan fingerprint density at radius 3 is 2.94 bits per heavy atom. The number of ether oxygens (including phenoxy) is 1. The molecule has 0 saturated heterocycles. The lowest BCUT2D eigenvalue weighted by Gasteiger charge is -2.07. The SMILES string of the molecule is CCCn1nnnc1COc1ccccc1I. The Labute approximate surface area is 113 Å². The first-order chi connectivity index (χ1) is 8.31. The van der Waals surface area contributed by atoms with Crippen LogP contribution in [0.25, 0.3) is 0 Å². The summed E-state index contributed by atoms with van der Waals surface area (Å²) < 4.78 is 8.55. The van der Waals surface area contributed by atoms with E-state index in [9.17, 15) is 0 Å². The molecule has 5 nitrogen and oxygen atoms in total. The fourth-order valence-corrected chi connectivity index (χ4v) is 1.96. The zero-order valence-electron chi connectivity index (χ0n) is 9.51. The molecule has 1 aromatic heterocycles.